The number of carbonyl (C=O) groups excluding carboxylic acids is 1. The first-order valence-electron chi connectivity index (χ1n) is 4.18. The highest BCUT2D eigenvalue weighted by Gasteiger charge is 2.29. The SMILES string of the molecule is Nc1cc(N)cc(C(=O)OCC(F)(F)F)c1. The van der Waals surface area contributed by atoms with E-state index < -0.39 is 18.8 Å². The maximum absolute atomic E-state index is 11.8. The van der Waals surface area contributed by atoms with Crippen molar-refractivity contribution in [3.63, 3.8) is 0 Å². The van der Waals surface area contributed by atoms with Gasteiger partial charge in [0.05, 0.1) is 5.56 Å². The van der Waals surface area contributed by atoms with Crippen molar-refractivity contribution in [2.24, 2.45) is 0 Å². The Morgan fingerprint density at radius 3 is 2.12 bits per heavy atom. The lowest BCUT2D eigenvalue weighted by Gasteiger charge is -2.08. The molecule has 0 aliphatic rings. The predicted molar refractivity (Wildman–Crippen MR) is 51.6 cm³/mol. The summed E-state index contributed by atoms with van der Waals surface area (Å²) in [7, 11) is 0. The number of hydrogen-bond donors (Lipinski definition) is 2. The topological polar surface area (TPSA) is 78.3 Å². The molecule has 1 aromatic rings. The number of rotatable bonds is 2. The lowest BCUT2D eigenvalue weighted by atomic mass is 10.2. The number of halogens is 3. The van der Waals surface area contributed by atoms with Crippen LogP contribution in [0.15, 0.2) is 18.2 Å². The summed E-state index contributed by atoms with van der Waals surface area (Å²) in [5.41, 5.74) is 11.0. The summed E-state index contributed by atoms with van der Waals surface area (Å²) in [6.07, 6.45) is -4.55. The number of nitrogens with two attached hydrogens (primary N) is 2. The molecule has 0 bridgehead atoms. The minimum absolute atomic E-state index is 0.109. The number of esters is 1. The number of ether oxygens (including phenoxy) is 1. The van der Waals surface area contributed by atoms with E-state index in [4.69, 9.17) is 11.5 Å². The van der Waals surface area contributed by atoms with Crippen molar-refractivity contribution in [2.45, 2.75) is 6.18 Å². The highest BCUT2D eigenvalue weighted by molar-refractivity contribution is 5.91. The predicted octanol–water partition coefficient (Wildman–Crippen LogP) is 1.57. The number of nitrogen functional groups attached to an aromatic ring is 2. The first-order chi connectivity index (χ1) is 7.28. The average molecular weight is 234 g/mol. The Morgan fingerprint density at radius 2 is 1.69 bits per heavy atom. The summed E-state index contributed by atoms with van der Waals surface area (Å²) in [5, 5.41) is 0. The van der Waals surface area contributed by atoms with Gasteiger partial charge in [0, 0.05) is 11.4 Å². The molecular formula is C9H9F3N2O2. The molecule has 0 amide bonds. The van der Waals surface area contributed by atoms with Gasteiger partial charge in [0.1, 0.15) is 0 Å². The summed E-state index contributed by atoms with van der Waals surface area (Å²) in [6, 6.07) is 3.75. The van der Waals surface area contributed by atoms with Crippen LogP contribution in [-0.4, -0.2) is 18.8 Å². The van der Waals surface area contributed by atoms with Crippen LogP contribution in [-0.2, 0) is 4.74 Å². The molecule has 7 heteroatoms. The van der Waals surface area contributed by atoms with Crippen LogP contribution in [0.25, 0.3) is 0 Å². The molecule has 1 rings (SSSR count). The Kier molecular flexibility index (Phi) is 3.26. The third-order valence-electron chi connectivity index (χ3n) is 1.58. The Balaban J connectivity index is 2.73. The van der Waals surface area contributed by atoms with Gasteiger partial charge in [-0.2, -0.15) is 13.2 Å². The van der Waals surface area contributed by atoms with E-state index in [1.807, 2.05) is 0 Å². The van der Waals surface area contributed by atoms with E-state index in [2.05, 4.69) is 4.74 Å². The molecule has 0 aliphatic heterocycles. The second-order valence-corrected chi connectivity index (χ2v) is 3.08. The van der Waals surface area contributed by atoms with Gasteiger partial charge < -0.3 is 16.2 Å². The minimum atomic E-state index is -4.55. The van der Waals surface area contributed by atoms with Crippen LogP contribution in [0, 0.1) is 0 Å². The molecule has 0 aliphatic carbocycles. The molecule has 4 nitrogen and oxygen atoms in total. The van der Waals surface area contributed by atoms with E-state index in [1.54, 1.807) is 0 Å². The summed E-state index contributed by atoms with van der Waals surface area (Å²) >= 11 is 0. The van der Waals surface area contributed by atoms with E-state index in [0.29, 0.717) is 0 Å². The van der Waals surface area contributed by atoms with Gasteiger partial charge in [0.15, 0.2) is 6.61 Å². The number of anilines is 2. The first kappa shape index (κ1) is 12.2. The highest BCUT2D eigenvalue weighted by Crippen LogP contribution is 2.18. The molecule has 4 N–H and O–H groups in total. The molecule has 0 atom stereocenters. The number of carbonyl (C=O) groups is 1. The van der Waals surface area contributed by atoms with Gasteiger partial charge in [-0.25, -0.2) is 4.79 Å². The van der Waals surface area contributed by atoms with Gasteiger partial charge in [0.25, 0.3) is 0 Å². The normalized spacial score (nSPS) is 11.2. The van der Waals surface area contributed by atoms with Crippen molar-refractivity contribution >= 4 is 17.3 Å². The minimum Gasteiger partial charge on any atom is -0.452 e. The first-order valence-corrected chi connectivity index (χ1v) is 4.18. The Hall–Kier alpha value is -1.92. The standard InChI is InChI=1S/C9H9F3N2O2/c10-9(11,12)4-16-8(15)5-1-6(13)3-7(14)2-5/h1-3H,4,13-14H2. The van der Waals surface area contributed by atoms with Crippen LogP contribution in [0.4, 0.5) is 24.5 Å². The lowest BCUT2D eigenvalue weighted by Crippen LogP contribution is -2.20. The number of benzene rings is 1. The zero-order valence-corrected chi connectivity index (χ0v) is 8.04. The second-order valence-electron chi connectivity index (χ2n) is 3.08. The maximum Gasteiger partial charge on any atom is 0.422 e. The fraction of sp³-hybridized carbons (Fsp3) is 0.222. The maximum atomic E-state index is 11.8. The van der Waals surface area contributed by atoms with Crippen LogP contribution >= 0.6 is 0 Å². The smallest absolute Gasteiger partial charge is 0.422 e. The highest BCUT2D eigenvalue weighted by atomic mass is 19.4. The molecule has 88 valence electrons. The Labute approximate surface area is 89.0 Å². The summed E-state index contributed by atoms with van der Waals surface area (Å²) in [6.45, 7) is -1.64. The molecule has 16 heavy (non-hydrogen) atoms. The van der Waals surface area contributed by atoms with Crippen molar-refractivity contribution < 1.29 is 22.7 Å². The van der Waals surface area contributed by atoms with Gasteiger partial charge >= 0.3 is 12.1 Å². The van der Waals surface area contributed by atoms with Crippen LogP contribution in [0.2, 0.25) is 0 Å². The molecule has 0 heterocycles. The van der Waals surface area contributed by atoms with Crippen LogP contribution in [0.5, 0.6) is 0 Å². The molecule has 0 radical (unpaired) electrons. The zero-order chi connectivity index (χ0) is 12.3. The molecule has 0 saturated carbocycles. The van der Waals surface area contributed by atoms with E-state index >= 15 is 0 Å². The summed E-state index contributed by atoms with van der Waals surface area (Å²) in [5.74, 6) is -1.11. The molecule has 0 spiro atoms. The van der Waals surface area contributed by atoms with Gasteiger partial charge in [-0.15, -0.1) is 0 Å². The third kappa shape index (κ3) is 3.68. The lowest BCUT2D eigenvalue weighted by molar-refractivity contribution is -0.161. The van der Waals surface area contributed by atoms with Crippen molar-refractivity contribution in [3.8, 4) is 0 Å². The Morgan fingerprint density at radius 1 is 1.19 bits per heavy atom. The summed E-state index contributed by atoms with van der Waals surface area (Å²) < 4.78 is 39.3. The molecule has 0 unspecified atom stereocenters. The van der Waals surface area contributed by atoms with Crippen molar-refractivity contribution in [1.82, 2.24) is 0 Å². The van der Waals surface area contributed by atoms with Crippen LogP contribution < -0.4 is 11.5 Å². The number of hydrogen-bond acceptors (Lipinski definition) is 4. The van der Waals surface area contributed by atoms with Gasteiger partial charge in [0.2, 0.25) is 0 Å². The van der Waals surface area contributed by atoms with Gasteiger partial charge in [-0.05, 0) is 18.2 Å². The van der Waals surface area contributed by atoms with Crippen molar-refractivity contribution in [1.29, 1.82) is 0 Å². The van der Waals surface area contributed by atoms with Crippen LogP contribution in [0.1, 0.15) is 10.4 Å². The molecular weight excluding hydrogens is 225 g/mol. The summed E-state index contributed by atoms with van der Waals surface area (Å²) in [4.78, 5) is 11.2. The van der Waals surface area contributed by atoms with E-state index in [0.717, 1.165) is 0 Å². The molecule has 1 aromatic carbocycles. The van der Waals surface area contributed by atoms with Crippen LogP contribution in [0.3, 0.4) is 0 Å². The monoisotopic (exact) mass is 234 g/mol. The fourth-order valence-corrected chi connectivity index (χ4v) is 1.03. The quantitative estimate of drug-likeness (QED) is 0.601. The fourth-order valence-electron chi connectivity index (χ4n) is 1.03. The Bertz CT molecular complexity index is 384. The largest absolute Gasteiger partial charge is 0.452 e. The van der Waals surface area contributed by atoms with E-state index in [-0.39, 0.29) is 16.9 Å². The molecule has 0 fully saturated rings. The second kappa shape index (κ2) is 4.30. The average Bonchev–Trinajstić information content (AvgIpc) is 2.11. The van der Waals surface area contributed by atoms with Crippen molar-refractivity contribution in [3.05, 3.63) is 23.8 Å². The molecule has 0 saturated heterocycles. The molecule has 0 aromatic heterocycles. The van der Waals surface area contributed by atoms with Gasteiger partial charge in [-0.3, -0.25) is 0 Å². The zero-order valence-electron chi connectivity index (χ0n) is 8.04. The van der Waals surface area contributed by atoms with Gasteiger partial charge in [-0.1, -0.05) is 0 Å². The van der Waals surface area contributed by atoms with E-state index in [1.165, 1.54) is 18.2 Å². The van der Waals surface area contributed by atoms with E-state index in [9.17, 15) is 18.0 Å². The number of alkyl halides is 3. The van der Waals surface area contributed by atoms with Crippen molar-refractivity contribution in [2.75, 3.05) is 18.1 Å². The third-order valence-corrected chi connectivity index (χ3v) is 1.58.